The number of carbonyl (C=O) groups excluding carboxylic acids is 1. The average Bonchev–Trinajstić information content (AvgIpc) is 3.41. The van der Waals surface area contributed by atoms with Crippen LogP contribution in [0.1, 0.15) is 54.5 Å². The number of carbonyl (C=O) groups is 1. The fraction of sp³-hybridized carbons (Fsp3) is 0.346. The predicted octanol–water partition coefficient (Wildman–Crippen LogP) is 5.02. The minimum atomic E-state index is -0.513. The molecule has 5 nitrogen and oxygen atoms in total. The summed E-state index contributed by atoms with van der Waals surface area (Å²) in [5, 5.41) is 9.98. The van der Waals surface area contributed by atoms with E-state index < -0.39 is 5.91 Å². The Morgan fingerprint density at radius 2 is 2.13 bits per heavy atom. The van der Waals surface area contributed by atoms with E-state index in [4.69, 9.17) is 5.21 Å². The molecule has 1 amide bonds. The molecular formula is C26H31N3O2. The number of aromatic amines is 1. The van der Waals surface area contributed by atoms with Crippen LogP contribution >= 0.6 is 0 Å². The first-order chi connectivity index (χ1) is 15.2. The summed E-state index contributed by atoms with van der Waals surface area (Å²) in [5.74, 6) is -0.513. The van der Waals surface area contributed by atoms with Gasteiger partial charge in [0.1, 0.15) is 0 Å². The number of nitrogens with zero attached hydrogens (tertiary/aromatic N) is 1. The van der Waals surface area contributed by atoms with Crippen molar-refractivity contribution in [3.63, 3.8) is 0 Å². The zero-order valence-corrected chi connectivity index (χ0v) is 18.1. The molecule has 1 aromatic heterocycles. The number of aryl methyl sites for hydroxylation is 1. The molecule has 1 aliphatic rings. The van der Waals surface area contributed by atoms with Crippen molar-refractivity contribution in [2.75, 3.05) is 13.1 Å². The molecule has 0 aliphatic heterocycles. The molecule has 162 valence electrons. The highest BCUT2D eigenvalue weighted by Crippen LogP contribution is 2.37. The summed E-state index contributed by atoms with van der Waals surface area (Å²) in [6.45, 7) is 4.41. The second-order valence-corrected chi connectivity index (χ2v) is 8.32. The van der Waals surface area contributed by atoms with Gasteiger partial charge in [-0.2, -0.15) is 0 Å². The molecule has 3 aromatic rings. The van der Waals surface area contributed by atoms with E-state index in [0.29, 0.717) is 6.04 Å². The zero-order valence-electron chi connectivity index (χ0n) is 18.1. The Labute approximate surface area is 183 Å². The van der Waals surface area contributed by atoms with Crippen molar-refractivity contribution in [1.29, 1.82) is 0 Å². The Balaban J connectivity index is 1.50. The standard InChI is InChI=1S/C26H31N3O2/c1-2-3-15-29(16-14-21-18-27-24-7-5-4-6-22(21)24)25-12-10-20-17-19(8-11-23(20)25)9-13-26(30)28-31/h4-9,11,13,17-18,25,27,31H,2-3,10,12,14-16H2,1H3,(H,28,30)/b13-9+. The Hall–Kier alpha value is -2.89. The summed E-state index contributed by atoms with van der Waals surface area (Å²) in [4.78, 5) is 17.3. The Morgan fingerprint density at radius 3 is 2.97 bits per heavy atom. The van der Waals surface area contributed by atoms with Crippen LogP contribution in [0, 0.1) is 0 Å². The third-order valence-electron chi connectivity index (χ3n) is 6.33. The van der Waals surface area contributed by atoms with Crippen molar-refractivity contribution in [2.24, 2.45) is 0 Å². The maximum absolute atomic E-state index is 11.3. The zero-order chi connectivity index (χ0) is 21.6. The van der Waals surface area contributed by atoms with E-state index in [1.54, 1.807) is 11.6 Å². The van der Waals surface area contributed by atoms with Gasteiger partial charge in [-0.15, -0.1) is 0 Å². The number of amides is 1. The molecule has 2 aromatic carbocycles. The second kappa shape index (κ2) is 9.94. The van der Waals surface area contributed by atoms with Gasteiger partial charge in [-0.3, -0.25) is 14.9 Å². The molecule has 0 fully saturated rings. The predicted molar refractivity (Wildman–Crippen MR) is 125 cm³/mol. The molecule has 0 saturated carbocycles. The fourth-order valence-corrected chi connectivity index (χ4v) is 4.69. The van der Waals surface area contributed by atoms with E-state index >= 15 is 0 Å². The molecule has 1 heterocycles. The SMILES string of the molecule is CCCCN(CCc1c[nH]c2ccccc12)C1CCc2cc(/C=C/C(=O)NO)ccc21. The van der Waals surface area contributed by atoms with Crippen LogP contribution < -0.4 is 5.48 Å². The number of hydrogen-bond acceptors (Lipinski definition) is 3. The quantitative estimate of drug-likeness (QED) is 0.260. The van der Waals surface area contributed by atoms with Gasteiger partial charge in [0.15, 0.2) is 0 Å². The topological polar surface area (TPSA) is 68.4 Å². The average molecular weight is 418 g/mol. The molecule has 0 spiro atoms. The summed E-state index contributed by atoms with van der Waals surface area (Å²) in [7, 11) is 0. The molecule has 0 saturated heterocycles. The molecule has 1 aliphatic carbocycles. The van der Waals surface area contributed by atoms with Crippen LogP contribution in [0.2, 0.25) is 0 Å². The monoisotopic (exact) mass is 417 g/mol. The first kappa shape index (κ1) is 21.3. The van der Waals surface area contributed by atoms with Gasteiger partial charge >= 0.3 is 0 Å². The lowest BCUT2D eigenvalue weighted by Crippen LogP contribution is -2.30. The van der Waals surface area contributed by atoms with Gasteiger partial charge in [0.05, 0.1) is 0 Å². The number of benzene rings is 2. The van der Waals surface area contributed by atoms with Crippen molar-refractivity contribution >= 4 is 22.9 Å². The molecule has 5 heteroatoms. The van der Waals surface area contributed by atoms with E-state index in [1.165, 1.54) is 46.5 Å². The van der Waals surface area contributed by atoms with E-state index in [9.17, 15) is 4.79 Å². The lowest BCUT2D eigenvalue weighted by Gasteiger charge is -2.29. The number of hydroxylamine groups is 1. The molecule has 3 N–H and O–H groups in total. The summed E-state index contributed by atoms with van der Waals surface area (Å²) in [5.41, 5.74) is 8.00. The van der Waals surface area contributed by atoms with E-state index in [0.717, 1.165) is 37.9 Å². The number of aromatic nitrogens is 1. The molecule has 1 atom stereocenters. The molecule has 0 bridgehead atoms. The van der Waals surface area contributed by atoms with Crippen molar-refractivity contribution in [3.8, 4) is 0 Å². The van der Waals surface area contributed by atoms with Crippen LogP contribution in [0.15, 0.2) is 54.7 Å². The number of nitrogens with one attached hydrogen (secondary N) is 2. The summed E-state index contributed by atoms with van der Waals surface area (Å²) in [6, 6.07) is 15.4. The number of para-hydroxylation sites is 1. The van der Waals surface area contributed by atoms with Crippen LogP contribution in [0.5, 0.6) is 0 Å². The minimum absolute atomic E-state index is 0.450. The van der Waals surface area contributed by atoms with Crippen molar-refractivity contribution in [2.45, 2.75) is 45.1 Å². The Morgan fingerprint density at radius 1 is 1.26 bits per heavy atom. The van der Waals surface area contributed by atoms with Gasteiger partial charge in [0.2, 0.25) is 0 Å². The molecule has 1 unspecified atom stereocenters. The highest BCUT2D eigenvalue weighted by atomic mass is 16.5. The number of fused-ring (bicyclic) bond motifs is 2. The van der Waals surface area contributed by atoms with E-state index in [1.807, 2.05) is 0 Å². The first-order valence-corrected chi connectivity index (χ1v) is 11.2. The third-order valence-corrected chi connectivity index (χ3v) is 6.33. The number of unbranched alkanes of at least 4 members (excludes halogenated alkanes) is 1. The van der Waals surface area contributed by atoms with Gasteiger partial charge in [0.25, 0.3) is 5.91 Å². The van der Waals surface area contributed by atoms with Gasteiger partial charge in [-0.05, 0) is 66.6 Å². The lowest BCUT2D eigenvalue weighted by molar-refractivity contribution is -0.124. The minimum Gasteiger partial charge on any atom is -0.361 e. The van der Waals surface area contributed by atoms with Crippen LogP contribution in [0.25, 0.3) is 17.0 Å². The van der Waals surface area contributed by atoms with Gasteiger partial charge < -0.3 is 4.98 Å². The van der Waals surface area contributed by atoms with Crippen LogP contribution in [0.3, 0.4) is 0 Å². The van der Waals surface area contributed by atoms with Crippen molar-refractivity contribution in [3.05, 3.63) is 77.0 Å². The van der Waals surface area contributed by atoms with Crippen LogP contribution in [0.4, 0.5) is 0 Å². The van der Waals surface area contributed by atoms with E-state index in [2.05, 4.69) is 65.5 Å². The van der Waals surface area contributed by atoms with Gasteiger partial charge in [-0.25, -0.2) is 5.48 Å². The Kier molecular flexibility index (Phi) is 6.85. The van der Waals surface area contributed by atoms with Crippen LogP contribution in [-0.4, -0.2) is 34.1 Å². The molecule has 0 radical (unpaired) electrons. The van der Waals surface area contributed by atoms with Gasteiger partial charge in [-0.1, -0.05) is 49.7 Å². The maximum atomic E-state index is 11.3. The van der Waals surface area contributed by atoms with Crippen molar-refractivity contribution in [1.82, 2.24) is 15.4 Å². The number of hydrogen-bond donors (Lipinski definition) is 3. The largest absolute Gasteiger partial charge is 0.361 e. The molecule has 31 heavy (non-hydrogen) atoms. The first-order valence-electron chi connectivity index (χ1n) is 11.2. The summed E-state index contributed by atoms with van der Waals surface area (Å²) < 4.78 is 0. The van der Waals surface area contributed by atoms with Crippen molar-refractivity contribution < 1.29 is 10.0 Å². The highest BCUT2D eigenvalue weighted by Gasteiger charge is 2.27. The van der Waals surface area contributed by atoms with Gasteiger partial charge in [0, 0.05) is 35.8 Å². The molecule has 4 rings (SSSR count). The summed E-state index contributed by atoms with van der Waals surface area (Å²) in [6.07, 6.45) is 10.9. The molecular weight excluding hydrogens is 386 g/mol. The van der Waals surface area contributed by atoms with E-state index in [-0.39, 0.29) is 0 Å². The lowest BCUT2D eigenvalue weighted by atomic mass is 10.0. The van der Waals surface area contributed by atoms with Crippen LogP contribution in [-0.2, 0) is 17.6 Å². The third kappa shape index (κ3) is 4.89. The Bertz CT molecular complexity index is 1070. The highest BCUT2D eigenvalue weighted by molar-refractivity contribution is 5.90. The number of rotatable bonds is 9. The second-order valence-electron chi connectivity index (χ2n) is 8.32. The maximum Gasteiger partial charge on any atom is 0.267 e. The smallest absolute Gasteiger partial charge is 0.267 e. The number of H-pyrrole nitrogens is 1. The summed E-state index contributed by atoms with van der Waals surface area (Å²) >= 11 is 0. The fourth-order valence-electron chi connectivity index (χ4n) is 4.69. The normalized spacial score (nSPS) is 15.8.